The summed E-state index contributed by atoms with van der Waals surface area (Å²) < 4.78 is 4.87. The predicted molar refractivity (Wildman–Crippen MR) is 41.3 cm³/mol. The molecule has 13 heavy (non-hydrogen) atoms. The van der Waals surface area contributed by atoms with Gasteiger partial charge in [0, 0.05) is 5.90 Å². The Kier molecular flexibility index (Phi) is 6.35. The monoisotopic (exact) mass is 205 g/mol. The number of hydrogen-bond donors (Lipinski definition) is 1. The maximum Gasteiger partial charge on any atom is 1.00 e. The van der Waals surface area contributed by atoms with Gasteiger partial charge in [-0.1, -0.05) is 12.1 Å². The first-order chi connectivity index (χ1) is 5.77. The van der Waals surface area contributed by atoms with Crippen LogP contribution in [0.3, 0.4) is 0 Å². The van der Waals surface area contributed by atoms with Crippen LogP contribution in [0, 0.1) is 0 Å². The van der Waals surface area contributed by atoms with E-state index < -0.39 is 5.90 Å². The van der Waals surface area contributed by atoms with Gasteiger partial charge in [0.2, 0.25) is 0 Å². The molecule has 0 atom stereocenters. The zero-order valence-corrected chi connectivity index (χ0v) is 10.6. The largest absolute Gasteiger partial charge is 1.00 e. The van der Waals surface area contributed by atoms with Crippen molar-refractivity contribution in [3.05, 3.63) is 29.8 Å². The van der Waals surface area contributed by atoms with Gasteiger partial charge in [-0.3, -0.25) is 0 Å². The van der Waals surface area contributed by atoms with E-state index in [1.165, 1.54) is 13.2 Å². The summed E-state index contributed by atoms with van der Waals surface area (Å²) in [5.74, 6) is -0.113. The third kappa shape index (κ3) is 3.66. The molecule has 1 aromatic rings. The number of hydrogen-bond acceptors (Lipinski definition) is 4. The Labute approximate surface area is 119 Å². The van der Waals surface area contributed by atoms with Gasteiger partial charge >= 0.3 is 51.4 Å². The minimum Gasteiger partial charge on any atom is -0.856 e. The zero-order valence-electron chi connectivity index (χ0n) is 7.52. The maximum atomic E-state index is 10.8. The molecular weight excluding hydrogens is 197 g/mol. The fourth-order valence-electron chi connectivity index (χ4n) is 0.814. The summed E-state index contributed by atoms with van der Waals surface area (Å²) in [5, 5.41) is 21.5. The van der Waals surface area contributed by atoms with Crippen LogP contribution in [-0.4, -0.2) is 18.2 Å². The summed E-state index contributed by atoms with van der Waals surface area (Å²) in [7, 11) is 1.50. The molecule has 0 spiro atoms. The van der Waals surface area contributed by atoms with E-state index in [4.69, 9.17) is 9.94 Å². The van der Waals surface area contributed by atoms with E-state index >= 15 is 0 Å². The summed E-state index contributed by atoms with van der Waals surface area (Å²) in [5.41, 5.74) is 0.303. The fraction of sp³-hybridized carbons (Fsp3) is 0.125. The molecule has 0 unspecified atom stereocenters. The number of benzene rings is 1. The molecule has 0 aliphatic rings. The van der Waals surface area contributed by atoms with E-state index in [2.05, 4.69) is 5.16 Å². The summed E-state index contributed by atoms with van der Waals surface area (Å²) in [6.07, 6.45) is 0. The molecule has 1 rings (SSSR count). The van der Waals surface area contributed by atoms with Crippen LogP contribution in [0.15, 0.2) is 29.4 Å². The van der Waals surface area contributed by atoms with Gasteiger partial charge in [-0.2, -0.15) is 0 Å². The van der Waals surface area contributed by atoms with E-state index in [0.717, 1.165) is 0 Å². The zero-order chi connectivity index (χ0) is 8.97. The average molecular weight is 205 g/mol. The molecule has 1 N–H and O–H groups in total. The Bertz CT molecular complexity index is 301. The molecule has 0 saturated carbocycles. The number of rotatable bonds is 2. The minimum absolute atomic E-state index is 0. The van der Waals surface area contributed by atoms with Crippen molar-refractivity contribution in [2.45, 2.75) is 0 Å². The molecule has 5 heteroatoms. The van der Waals surface area contributed by atoms with Crippen LogP contribution in [0.25, 0.3) is 0 Å². The first kappa shape index (κ1) is 12.9. The van der Waals surface area contributed by atoms with Crippen LogP contribution < -0.4 is 61.2 Å². The summed E-state index contributed by atoms with van der Waals surface area (Å²) in [4.78, 5) is 0. The van der Waals surface area contributed by atoms with E-state index in [1.807, 2.05) is 0 Å². The molecule has 0 bridgehead atoms. The molecule has 4 nitrogen and oxygen atoms in total. The molecule has 0 amide bonds. The van der Waals surface area contributed by atoms with E-state index in [9.17, 15) is 5.11 Å². The molecular formula is C8H8KNO3. The Balaban J connectivity index is 0.00000144. The molecule has 0 aliphatic heterocycles. The smallest absolute Gasteiger partial charge is 0.856 e. The van der Waals surface area contributed by atoms with E-state index in [1.54, 1.807) is 18.2 Å². The van der Waals surface area contributed by atoms with Gasteiger partial charge in [0.05, 0.1) is 7.11 Å². The standard InChI is InChI=1S/C8H9NO3.K/c1-12-7-4-2-3-6(5-7)8(10)9-11;/h2-5,11H,1H3,(H,9,10);/q;+1/p-1. The maximum absolute atomic E-state index is 10.8. The predicted octanol–water partition coefficient (Wildman–Crippen LogP) is -2.80. The van der Waals surface area contributed by atoms with Crippen molar-refractivity contribution in [2.24, 2.45) is 5.16 Å². The third-order valence-corrected chi connectivity index (χ3v) is 1.41. The first-order valence-electron chi connectivity index (χ1n) is 3.31. The second-order valence-electron chi connectivity index (χ2n) is 2.14. The molecule has 0 fully saturated rings. The van der Waals surface area contributed by atoms with Crippen molar-refractivity contribution in [1.29, 1.82) is 0 Å². The Hall–Kier alpha value is -0.0736. The molecule has 0 saturated heterocycles. The van der Waals surface area contributed by atoms with Gasteiger partial charge in [-0.25, -0.2) is 0 Å². The topological polar surface area (TPSA) is 64.9 Å². The number of nitrogens with zero attached hydrogens (tertiary/aromatic N) is 1. The number of oxime groups is 1. The molecule has 0 aromatic heterocycles. The minimum atomic E-state index is -0.672. The van der Waals surface area contributed by atoms with Crippen LogP contribution >= 0.6 is 0 Å². The van der Waals surface area contributed by atoms with Crippen LogP contribution in [0.2, 0.25) is 0 Å². The van der Waals surface area contributed by atoms with Crippen LogP contribution in [0.4, 0.5) is 0 Å². The fourth-order valence-corrected chi connectivity index (χ4v) is 0.814. The summed E-state index contributed by atoms with van der Waals surface area (Å²) in [6, 6.07) is 6.40. The molecule has 1 aromatic carbocycles. The van der Waals surface area contributed by atoms with Gasteiger partial charge < -0.3 is 15.1 Å². The van der Waals surface area contributed by atoms with Gasteiger partial charge in [0.15, 0.2) is 0 Å². The third-order valence-electron chi connectivity index (χ3n) is 1.41. The van der Waals surface area contributed by atoms with Crippen molar-refractivity contribution in [3.63, 3.8) is 0 Å². The van der Waals surface area contributed by atoms with Crippen LogP contribution in [0.5, 0.6) is 5.75 Å². The molecule has 64 valence electrons. The second kappa shape index (κ2) is 6.39. The van der Waals surface area contributed by atoms with Gasteiger partial charge in [-0.05, 0) is 17.7 Å². The Morgan fingerprint density at radius 1 is 1.54 bits per heavy atom. The molecule has 0 radical (unpaired) electrons. The van der Waals surface area contributed by atoms with E-state index in [-0.39, 0.29) is 51.4 Å². The van der Waals surface area contributed by atoms with Crippen molar-refractivity contribution in [1.82, 2.24) is 0 Å². The summed E-state index contributed by atoms with van der Waals surface area (Å²) >= 11 is 0. The van der Waals surface area contributed by atoms with Crippen molar-refractivity contribution >= 4 is 5.90 Å². The number of methoxy groups -OCH3 is 1. The normalized spacial score (nSPS) is 10.4. The second-order valence-corrected chi connectivity index (χ2v) is 2.14. The summed E-state index contributed by atoms with van der Waals surface area (Å²) in [6.45, 7) is 0. The van der Waals surface area contributed by atoms with Gasteiger partial charge in [0.1, 0.15) is 5.75 Å². The molecule has 0 aliphatic carbocycles. The van der Waals surface area contributed by atoms with Gasteiger partial charge in [-0.15, -0.1) is 5.16 Å². The van der Waals surface area contributed by atoms with Gasteiger partial charge in [0.25, 0.3) is 0 Å². The first-order valence-corrected chi connectivity index (χ1v) is 3.31. The van der Waals surface area contributed by atoms with Crippen LogP contribution in [0.1, 0.15) is 5.56 Å². The SMILES string of the molecule is COc1cccc(/C([O-])=N/O)c1.[K+]. The van der Waals surface area contributed by atoms with Crippen LogP contribution in [-0.2, 0) is 0 Å². The van der Waals surface area contributed by atoms with Crippen molar-refractivity contribution in [2.75, 3.05) is 7.11 Å². The Morgan fingerprint density at radius 3 is 2.77 bits per heavy atom. The number of ether oxygens (including phenoxy) is 1. The Morgan fingerprint density at radius 2 is 2.23 bits per heavy atom. The quantitative estimate of drug-likeness (QED) is 0.186. The van der Waals surface area contributed by atoms with Crippen molar-refractivity contribution in [3.8, 4) is 5.75 Å². The van der Waals surface area contributed by atoms with E-state index in [0.29, 0.717) is 11.3 Å². The molecule has 0 heterocycles. The van der Waals surface area contributed by atoms with Crippen molar-refractivity contribution < 1.29 is 66.4 Å². The average Bonchev–Trinajstić information content (AvgIpc) is 2.17.